The van der Waals surface area contributed by atoms with Crippen LogP contribution in [0.25, 0.3) is 21.8 Å². The van der Waals surface area contributed by atoms with Crippen molar-refractivity contribution in [3.8, 4) is 0 Å². The molecule has 2 aromatic heterocycles. The van der Waals surface area contributed by atoms with E-state index in [1.54, 1.807) is 0 Å². The molecule has 0 saturated heterocycles. The molecular formula is C26H25N3O3. The molecule has 0 bridgehead atoms. The van der Waals surface area contributed by atoms with E-state index in [-0.39, 0.29) is 16.8 Å². The van der Waals surface area contributed by atoms with Crippen molar-refractivity contribution in [2.24, 2.45) is 5.41 Å². The highest BCUT2D eigenvalue weighted by Crippen LogP contribution is 2.34. The van der Waals surface area contributed by atoms with Gasteiger partial charge >= 0.3 is 0 Å². The summed E-state index contributed by atoms with van der Waals surface area (Å²) in [4.78, 5) is 41.0. The summed E-state index contributed by atoms with van der Waals surface area (Å²) in [6.07, 6.45) is 0.995. The lowest BCUT2D eigenvalue weighted by Crippen LogP contribution is -2.32. The number of hydrogen-bond acceptors (Lipinski definition) is 3. The number of amides is 1. The Balaban J connectivity index is 1.52. The Morgan fingerprint density at radius 1 is 1.03 bits per heavy atom. The monoisotopic (exact) mass is 427 g/mol. The van der Waals surface area contributed by atoms with Gasteiger partial charge in [-0.15, -0.1) is 0 Å². The molecule has 5 rings (SSSR count). The molecule has 0 radical (unpaired) electrons. The molecule has 6 heteroatoms. The highest BCUT2D eigenvalue weighted by molar-refractivity contribution is 6.11. The van der Waals surface area contributed by atoms with E-state index in [1.165, 1.54) is 6.07 Å². The SMILES string of the molecule is CCn1c2ccccc2c2cc(NC(=O)c3cc4c([nH]c3=O)CC(C)(C)CC4=O)ccc21. The molecule has 1 aliphatic carbocycles. The molecule has 0 unspecified atom stereocenters. The molecule has 1 amide bonds. The largest absolute Gasteiger partial charge is 0.341 e. The first kappa shape index (κ1) is 20.2. The van der Waals surface area contributed by atoms with Crippen LogP contribution in [0.5, 0.6) is 0 Å². The van der Waals surface area contributed by atoms with Gasteiger partial charge in [0, 0.05) is 51.7 Å². The zero-order chi connectivity index (χ0) is 22.6. The number of fused-ring (bicyclic) bond motifs is 4. The number of aryl methyl sites for hydroxylation is 1. The molecule has 1 aliphatic rings. The fourth-order valence-electron chi connectivity index (χ4n) is 4.87. The first-order valence-electron chi connectivity index (χ1n) is 10.9. The number of carbonyl (C=O) groups is 2. The van der Waals surface area contributed by atoms with Crippen molar-refractivity contribution in [1.29, 1.82) is 0 Å². The van der Waals surface area contributed by atoms with Crippen molar-refractivity contribution >= 4 is 39.2 Å². The summed E-state index contributed by atoms with van der Waals surface area (Å²) >= 11 is 0. The number of carbonyl (C=O) groups excluding carboxylic acids is 2. The quantitative estimate of drug-likeness (QED) is 0.487. The summed E-state index contributed by atoms with van der Waals surface area (Å²) in [5.41, 5.74) is 3.16. The number of Topliss-reactive ketones (excluding diaryl/α,β-unsaturated/α-hetero) is 1. The minimum absolute atomic E-state index is 0.0460. The molecule has 4 aromatic rings. The Labute approximate surface area is 185 Å². The zero-order valence-electron chi connectivity index (χ0n) is 18.4. The van der Waals surface area contributed by atoms with E-state index in [1.807, 2.05) is 44.2 Å². The van der Waals surface area contributed by atoms with E-state index in [4.69, 9.17) is 0 Å². The molecule has 2 aromatic carbocycles. The first-order chi connectivity index (χ1) is 15.3. The van der Waals surface area contributed by atoms with Crippen LogP contribution in [0.2, 0.25) is 0 Å². The van der Waals surface area contributed by atoms with Gasteiger partial charge in [-0.25, -0.2) is 0 Å². The molecule has 2 N–H and O–H groups in total. The molecule has 6 nitrogen and oxygen atoms in total. The van der Waals surface area contributed by atoms with E-state index in [0.29, 0.717) is 29.8 Å². The van der Waals surface area contributed by atoms with Crippen molar-refractivity contribution in [3.05, 3.63) is 75.7 Å². The minimum Gasteiger partial charge on any atom is -0.341 e. The summed E-state index contributed by atoms with van der Waals surface area (Å²) in [5, 5.41) is 4.99. The van der Waals surface area contributed by atoms with Gasteiger partial charge in [0.25, 0.3) is 11.5 Å². The van der Waals surface area contributed by atoms with Crippen LogP contribution >= 0.6 is 0 Å². The second kappa shape index (κ2) is 7.19. The van der Waals surface area contributed by atoms with Gasteiger partial charge in [0.2, 0.25) is 0 Å². The van der Waals surface area contributed by atoms with Gasteiger partial charge < -0.3 is 14.9 Å². The molecule has 0 saturated carbocycles. The molecule has 0 atom stereocenters. The summed E-state index contributed by atoms with van der Waals surface area (Å²) in [6.45, 7) is 6.94. The maximum atomic E-state index is 13.0. The van der Waals surface area contributed by atoms with Crippen molar-refractivity contribution in [2.75, 3.05) is 5.32 Å². The summed E-state index contributed by atoms with van der Waals surface area (Å²) in [7, 11) is 0. The number of hydrogen-bond donors (Lipinski definition) is 2. The third-order valence-electron chi connectivity index (χ3n) is 6.31. The van der Waals surface area contributed by atoms with Crippen LogP contribution in [0.4, 0.5) is 5.69 Å². The van der Waals surface area contributed by atoms with Crippen molar-refractivity contribution in [3.63, 3.8) is 0 Å². The maximum Gasteiger partial charge on any atom is 0.261 e. The smallest absolute Gasteiger partial charge is 0.261 e. The number of aromatic nitrogens is 2. The number of aromatic amines is 1. The number of ketones is 1. The number of benzene rings is 2. The molecule has 2 heterocycles. The summed E-state index contributed by atoms with van der Waals surface area (Å²) < 4.78 is 2.23. The van der Waals surface area contributed by atoms with Crippen molar-refractivity contribution in [2.45, 2.75) is 40.2 Å². The lowest BCUT2D eigenvalue weighted by atomic mass is 9.75. The zero-order valence-corrected chi connectivity index (χ0v) is 18.4. The normalized spacial score (nSPS) is 15.2. The molecule has 0 spiro atoms. The summed E-state index contributed by atoms with van der Waals surface area (Å²) in [6, 6.07) is 15.4. The Hall–Kier alpha value is -3.67. The number of nitrogens with one attached hydrogen (secondary N) is 2. The van der Waals surface area contributed by atoms with Crippen LogP contribution in [0.1, 0.15) is 53.6 Å². The molecule has 0 aliphatic heterocycles. The second-order valence-electron chi connectivity index (χ2n) is 9.29. The van der Waals surface area contributed by atoms with Crippen LogP contribution in [-0.4, -0.2) is 21.2 Å². The fraction of sp³-hybridized carbons (Fsp3) is 0.269. The number of para-hydroxylation sites is 1. The second-order valence-corrected chi connectivity index (χ2v) is 9.29. The average Bonchev–Trinajstić information content (AvgIpc) is 3.05. The predicted molar refractivity (Wildman–Crippen MR) is 127 cm³/mol. The molecule has 162 valence electrons. The predicted octanol–water partition coefficient (Wildman–Crippen LogP) is 4.91. The van der Waals surface area contributed by atoms with Gasteiger partial charge in [0.1, 0.15) is 5.56 Å². The number of anilines is 1. The van der Waals surface area contributed by atoms with Crippen molar-refractivity contribution < 1.29 is 9.59 Å². The average molecular weight is 428 g/mol. The van der Waals surface area contributed by atoms with Gasteiger partial charge in [-0.05, 0) is 49.1 Å². The summed E-state index contributed by atoms with van der Waals surface area (Å²) in [5.74, 6) is -0.569. The lowest BCUT2D eigenvalue weighted by molar-refractivity contribution is 0.0910. The number of pyridine rings is 1. The number of nitrogens with zero attached hydrogens (tertiary/aromatic N) is 1. The standard InChI is InChI=1S/C26H25N3O3/c1-4-29-21-8-6-5-7-16(21)17-11-15(9-10-22(17)29)27-24(31)19-12-18-20(28-25(19)32)13-26(2,3)14-23(18)30/h5-12H,4,13-14H2,1-3H3,(H,27,31)(H,28,32). The number of rotatable bonds is 3. The Morgan fingerprint density at radius 3 is 2.56 bits per heavy atom. The number of H-pyrrole nitrogens is 1. The molecular weight excluding hydrogens is 402 g/mol. The van der Waals surface area contributed by atoms with Gasteiger partial charge in [-0.1, -0.05) is 32.0 Å². The Kier molecular flexibility index (Phi) is 4.55. The van der Waals surface area contributed by atoms with E-state index >= 15 is 0 Å². The lowest BCUT2D eigenvalue weighted by Gasteiger charge is -2.29. The van der Waals surface area contributed by atoms with Crippen LogP contribution in [0, 0.1) is 5.41 Å². The third kappa shape index (κ3) is 3.23. The highest BCUT2D eigenvalue weighted by atomic mass is 16.2. The first-order valence-corrected chi connectivity index (χ1v) is 10.9. The van der Waals surface area contributed by atoms with Gasteiger partial charge in [-0.3, -0.25) is 14.4 Å². The Morgan fingerprint density at radius 2 is 1.78 bits per heavy atom. The van der Waals surface area contributed by atoms with Crippen LogP contribution in [0.15, 0.2) is 53.3 Å². The minimum atomic E-state index is -0.523. The van der Waals surface area contributed by atoms with Gasteiger partial charge in [-0.2, -0.15) is 0 Å². The van der Waals surface area contributed by atoms with Crippen molar-refractivity contribution in [1.82, 2.24) is 9.55 Å². The van der Waals surface area contributed by atoms with Crippen LogP contribution in [0.3, 0.4) is 0 Å². The van der Waals surface area contributed by atoms with E-state index in [9.17, 15) is 14.4 Å². The topological polar surface area (TPSA) is 84.0 Å². The van der Waals surface area contributed by atoms with Gasteiger partial charge in [0.05, 0.1) is 0 Å². The van der Waals surface area contributed by atoms with Crippen LogP contribution < -0.4 is 10.9 Å². The molecule has 32 heavy (non-hydrogen) atoms. The third-order valence-corrected chi connectivity index (χ3v) is 6.31. The fourth-order valence-corrected chi connectivity index (χ4v) is 4.87. The Bertz CT molecular complexity index is 1470. The highest BCUT2D eigenvalue weighted by Gasteiger charge is 2.32. The molecule has 0 fully saturated rings. The van der Waals surface area contributed by atoms with E-state index < -0.39 is 11.5 Å². The maximum absolute atomic E-state index is 13.0. The van der Waals surface area contributed by atoms with E-state index in [0.717, 1.165) is 28.4 Å². The van der Waals surface area contributed by atoms with Crippen LogP contribution in [-0.2, 0) is 13.0 Å². The van der Waals surface area contributed by atoms with E-state index in [2.05, 4.69) is 33.9 Å². The van der Waals surface area contributed by atoms with Gasteiger partial charge in [0.15, 0.2) is 5.78 Å².